The van der Waals surface area contributed by atoms with Crippen LogP contribution in [0.2, 0.25) is 0 Å². The van der Waals surface area contributed by atoms with Gasteiger partial charge in [-0.25, -0.2) is 0 Å². The average molecular weight is 139 g/mol. The van der Waals surface area contributed by atoms with Crippen LogP contribution < -0.4 is 0 Å². The fraction of sp³-hybridized carbons (Fsp3) is 0.500. The van der Waals surface area contributed by atoms with E-state index >= 15 is 0 Å². The molecule has 1 N–H and O–H groups in total. The van der Waals surface area contributed by atoms with Gasteiger partial charge in [-0.05, 0) is 6.08 Å². The number of rotatable bonds is 2. The van der Waals surface area contributed by atoms with Crippen LogP contribution in [0.25, 0.3) is 0 Å². The van der Waals surface area contributed by atoms with Crippen molar-refractivity contribution < 1.29 is 5.11 Å². The first-order valence-corrected chi connectivity index (χ1v) is 3.42. The summed E-state index contributed by atoms with van der Waals surface area (Å²) in [6.07, 6.45) is 6.02. The molecular formula is C8H13NO. The lowest BCUT2D eigenvalue weighted by Crippen LogP contribution is -2.18. The molecule has 1 unspecified atom stereocenters. The fourth-order valence-electron chi connectivity index (χ4n) is 1.15. The molecule has 56 valence electrons. The second-order valence-corrected chi connectivity index (χ2v) is 2.66. The van der Waals surface area contributed by atoms with Gasteiger partial charge in [0, 0.05) is 25.7 Å². The number of aliphatic hydroxyl groups is 1. The van der Waals surface area contributed by atoms with Crippen LogP contribution >= 0.6 is 0 Å². The first-order valence-electron chi connectivity index (χ1n) is 3.42. The van der Waals surface area contributed by atoms with Crippen LogP contribution in [0.5, 0.6) is 0 Å². The topological polar surface area (TPSA) is 23.5 Å². The number of hydrogen-bond donors (Lipinski definition) is 1. The molecule has 0 spiro atoms. The Bertz CT molecular complexity index is 170. The van der Waals surface area contributed by atoms with E-state index in [0.29, 0.717) is 0 Å². The van der Waals surface area contributed by atoms with Crippen molar-refractivity contribution in [2.45, 2.75) is 0 Å². The monoisotopic (exact) mass is 139 g/mol. The molecule has 0 saturated heterocycles. The molecule has 0 aromatic rings. The number of allylic oxidation sites excluding steroid dienone is 2. The highest BCUT2D eigenvalue weighted by Crippen LogP contribution is 2.19. The highest BCUT2D eigenvalue weighted by atomic mass is 16.3. The summed E-state index contributed by atoms with van der Waals surface area (Å²) >= 11 is 0. The van der Waals surface area contributed by atoms with Gasteiger partial charge in [-0.15, -0.1) is 0 Å². The van der Waals surface area contributed by atoms with Crippen LogP contribution in [0.4, 0.5) is 0 Å². The fourth-order valence-corrected chi connectivity index (χ4v) is 1.15. The summed E-state index contributed by atoms with van der Waals surface area (Å²) in [4.78, 5) is 2.03. The first-order chi connectivity index (χ1) is 4.75. The molecule has 0 radical (unpaired) electrons. The van der Waals surface area contributed by atoms with E-state index in [-0.39, 0.29) is 12.5 Å². The molecule has 1 aliphatic rings. The van der Waals surface area contributed by atoms with Crippen molar-refractivity contribution in [3.8, 4) is 0 Å². The van der Waals surface area contributed by atoms with Crippen molar-refractivity contribution in [3.05, 3.63) is 23.9 Å². The summed E-state index contributed by atoms with van der Waals surface area (Å²) in [5, 5.41) is 8.87. The van der Waals surface area contributed by atoms with E-state index < -0.39 is 0 Å². The second kappa shape index (κ2) is 2.88. The quantitative estimate of drug-likeness (QED) is 0.606. The molecule has 2 nitrogen and oxygen atoms in total. The molecular weight excluding hydrogens is 126 g/mol. The molecule has 1 rings (SSSR count). The van der Waals surface area contributed by atoms with Gasteiger partial charge in [0.15, 0.2) is 0 Å². The van der Waals surface area contributed by atoms with E-state index in [9.17, 15) is 0 Å². The van der Waals surface area contributed by atoms with Crippen molar-refractivity contribution >= 4 is 0 Å². The molecule has 0 saturated carbocycles. The zero-order valence-corrected chi connectivity index (χ0v) is 6.41. The Kier molecular flexibility index (Phi) is 2.12. The van der Waals surface area contributed by atoms with Gasteiger partial charge in [-0.1, -0.05) is 12.2 Å². The van der Waals surface area contributed by atoms with Gasteiger partial charge in [0.2, 0.25) is 0 Å². The van der Waals surface area contributed by atoms with Crippen molar-refractivity contribution in [3.63, 3.8) is 0 Å². The van der Waals surface area contributed by atoms with Crippen molar-refractivity contribution in [2.75, 3.05) is 20.7 Å². The Labute approximate surface area is 61.5 Å². The molecule has 0 amide bonds. The first kappa shape index (κ1) is 7.35. The minimum atomic E-state index is 0.209. The standard InChI is InChI=1S/C8H13NO/c1-9(2)8-5-3-4-7(8)6-10/h3-5,7,10H,6H2,1-2H3. The highest BCUT2D eigenvalue weighted by Gasteiger charge is 2.14. The summed E-state index contributed by atoms with van der Waals surface area (Å²) in [5.74, 6) is 0.218. The third-order valence-electron chi connectivity index (χ3n) is 1.70. The van der Waals surface area contributed by atoms with E-state index in [2.05, 4.69) is 0 Å². The Morgan fingerprint density at radius 2 is 2.30 bits per heavy atom. The van der Waals surface area contributed by atoms with Gasteiger partial charge >= 0.3 is 0 Å². The Hall–Kier alpha value is -0.760. The summed E-state index contributed by atoms with van der Waals surface area (Å²) in [7, 11) is 3.98. The summed E-state index contributed by atoms with van der Waals surface area (Å²) in [6, 6.07) is 0. The lowest BCUT2D eigenvalue weighted by molar-refractivity contribution is 0.252. The molecule has 0 heterocycles. The van der Waals surface area contributed by atoms with Gasteiger partial charge in [0.1, 0.15) is 0 Å². The molecule has 10 heavy (non-hydrogen) atoms. The summed E-state index contributed by atoms with van der Waals surface area (Å²) in [6.45, 7) is 0.209. The normalized spacial score (nSPS) is 23.1. The van der Waals surface area contributed by atoms with E-state index in [1.165, 1.54) is 5.70 Å². The third kappa shape index (κ3) is 1.21. The summed E-state index contributed by atoms with van der Waals surface area (Å²) in [5.41, 5.74) is 1.18. The van der Waals surface area contributed by atoms with E-state index in [1.807, 2.05) is 37.2 Å². The number of hydrogen-bond acceptors (Lipinski definition) is 2. The van der Waals surface area contributed by atoms with E-state index in [1.54, 1.807) is 0 Å². The zero-order chi connectivity index (χ0) is 7.56. The highest BCUT2D eigenvalue weighted by molar-refractivity contribution is 5.25. The molecule has 2 heteroatoms. The number of nitrogens with zero attached hydrogens (tertiary/aromatic N) is 1. The lowest BCUT2D eigenvalue weighted by atomic mass is 10.1. The van der Waals surface area contributed by atoms with E-state index in [0.717, 1.165) is 0 Å². The van der Waals surface area contributed by atoms with Crippen LogP contribution in [0, 0.1) is 5.92 Å². The van der Waals surface area contributed by atoms with Crippen molar-refractivity contribution in [1.29, 1.82) is 0 Å². The van der Waals surface area contributed by atoms with E-state index in [4.69, 9.17) is 5.11 Å². The Balaban J connectivity index is 2.62. The van der Waals surface area contributed by atoms with Gasteiger partial charge in [0.25, 0.3) is 0 Å². The van der Waals surface area contributed by atoms with Gasteiger partial charge in [0.05, 0.1) is 6.61 Å². The molecule has 0 aliphatic heterocycles. The molecule has 0 aromatic carbocycles. The average Bonchev–Trinajstić information content (AvgIpc) is 2.33. The van der Waals surface area contributed by atoms with Crippen molar-refractivity contribution in [1.82, 2.24) is 4.90 Å². The van der Waals surface area contributed by atoms with Gasteiger partial charge in [-0.2, -0.15) is 0 Å². The zero-order valence-electron chi connectivity index (χ0n) is 6.41. The second-order valence-electron chi connectivity index (χ2n) is 2.66. The smallest absolute Gasteiger partial charge is 0.0548 e. The van der Waals surface area contributed by atoms with Crippen LogP contribution in [0.15, 0.2) is 23.9 Å². The van der Waals surface area contributed by atoms with Crippen LogP contribution in [-0.4, -0.2) is 30.7 Å². The van der Waals surface area contributed by atoms with Gasteiger partial charge < -0.3 is 10.0 Å². The van der Waals surface area contributed by atoms with Crippen molar-refractivity contribution in [2.24, 2.45) is 5.92 Å². The maximum absolute atomic E-state index is 8.87. The SMILES string of the molecule is CN(C)C1=CC=CC1CO. The molecule has 0 bridgehead atoms. The predicted octanol–water partition coefficient (Wildman–Crippen LogP) is 0.610. The molecule has 0 aromatic heterocycles. The molecule has 1 aliphatic carbocycles. The lowest BCUT2D eigenvalue weighted by Gasteiger charge is -2.19. The largest absolute Gasteiger partial charge is 0.395 e. The van der Waals surface area contributed by atoms with Gasteiger partial charge in [-0.3, -0.25) is 0 Å². The van der Waals surface area contributed by atoms with Crippen LogP contribution in [0.1, 0.15) is 0 Å². The Morgan fingerprint density at radius 1 is 1.60 bits per heavy atom. The number of aliphatic hydroxyl groups excluding tert-OH is 1. The van der Waals surface area contributed by atoms with Crippen LogP contribution in [0.3, 0.4) is 0 Å². The predicted molar refractivity (Wildman–Crippen MR) is 41.5 cm³/mol. The minimum Gasteiger partial charge on any atom is -0.395 e. The maximum atomic E-state index is 8.87. The minimum absolute atomic E-state index is 0.209. The summed E-state index contributed by atoms with van der Waals surface area (Å²) < 4.78 is 0. The molecule has 1 atom stereocenters. The Morgan fingerprint density at radius 3 is 2.70 bits per heavy atom. The van der Waals surface area contributed by atoms with Crippen LogP contribution in [-0.2, 0) is 0 Å². The maximum Gasteiger partial charge on any atom is 0.0548 e. The molecule has 0 fully saturated rings. The third-order valence-corrected chi connectivity index (χ3v) is 1.70.